The van der Waals surface area contributed by atoms with Gasteiger partial charge in [0.15, 0.2) is 0 Å². The molecule has 4 rings (SSSR count). The zero-order valence-corrected chi connectivity index (χ0v) is 10.8. The van der Waals surface area contributed by atoms with Gasteiger partial charge >= 0.3 is 0 Å². The lowest BCUT2D eigenvalue weighted by molar-refractivity contribution is 0.0725. The predicted octanol–water partition coefficient (Wildman–Crippen LogP) is 1.26. The number of H-pyrrole nitrogens is 1. The van der Waals surface area contributed by atoms with Crippen molar-refractivity contribution in [3.8, 4) is 0 Å². The number of rotatable bonds is 1. The summed E-state index contributed by atoms with van der Waals surface area (Å²) in [7, 11) is 0. The molecule has 0 fully saturated rings. The van der Waals surface area contributed by atoms with Gasteiger partial charge in [0.25, 0.3) is 5.91 Å². The minimum absolute atomic E-state index is 0.00366. The zero-order chi connectivity index (χ0) is 13.5. The van der Waals surface area contributed by atoms with E-state index in [0.29, 0.717) is 18.8 Å². The molecule has 3 aromatic heterocycles. The lowest BCUT2D eigenvalue weighted by Crippen LogP contribution is -2.36. The van der Waals surface area contributed by atoms with E-state index < -0.39 is 0 Å². The molecule has 6 nitrogen and oxygen atoms in total. The molecule has 0 radical (unpaired) electrons. The summed E-state index contributed by atoms with van der Waals surface area (Å²) in [5.74, 6) is 0.00366. The van der Waals surface area contributed by atoms with Gasteiger partial charge in [-0.1, -0.05) is 6.07 Å². The van der Waals surface area contributed by atoms with Crippen LogP contribution in [0.15, 0.2) is 36.9 Å². The van der Waals surface area contributed by atoms with Crippen molar-refractivity contribution in [1.82, 2.24) is 24.3 Å². The molecule has 0 saturated heterocycles. The summed E-state index contributed by atoms with van der Waals surface area (Å²) in [5, 5.41) is 0. The van der Waals surface area contributed by atoms with Crippen LogP contribution >= 0.6 is 0 Å². The molecule has 0 aliphatic carbocycles. The molecular weight excluding hydrogens is 254 g/mol. The standard InChI is InChI=1S/C14H13N5O/c20-14(12-7-15-13-3-1-2-5-19(12)13)18-6-4-10-11(8-18)17-9-16-10/h1-3,5,7,9H,4,6,8H2,(H,16,17). The Hall–Kier alpha value is -2.63. The second-order valence-corrected chi connectivity index (χ2v) is 4.88. The molecule has 100 valence electrons. The van der Waals surface area contributed by atoms with Crippen molar-refractivity contribution in [2.75, 3.05) is 6.54 Å². The van der Waals surface area contributed by atoms with E-state index in [0.717, 1.165) is 23.5 Å². The summed E-state index contributed by atoms with van der Waals surface area (Å²) in [5.41, 5.74) is 3.48. The van der Waals surface area contributed by atoms with Gasteiger partial charge in [-0.3, -0.25) is 9.20 Å². The molecule has 1 aliphatic heterocycles. The highest BCUT2D eigenvalue weighted by atomic mass is 16.2. The maximum atomic E-state index is 12.6. The smallest absolute Gasteiger partial charge is 0.272 e. The van der Waals surface area contributed by atoms with Gasteiger partial charge in [0.1, 0.15) is 11.3 Å². The van der Waals surface area contributed by atoms with Gasteiger partial charge in [-0.05, 0) is 12.1 Å². The molecule has 0 spiro atoms. The predicted molar refractivity (Wildman–Crippen MR) is 72.2 cm³/mol. The van der Waals surface area contributed by atoms with Crippen molar-refractivity contribution >= 4 is 11.6 Å². The van der Waals surface area contributed by atoms with Crippen molar-refractivity contribution in [3.63, 3.8) is 0 Å². The molecule has 1 amide bonds. The summed E-state index contributed by atoms with van der Waals surface area (Å²) >= 11 is 0. The number of aromatic nitrogens is 4. The first-order valence-electron chi connectivity index (χ1n) is 6.55. The molecule has 0 atom stereocenters. The van der Waals surface area contributed by atoms with Crippen molar-refractivity contribution in [3.05, 3.63) is 54.0 Å². The Balaban J connectivity index is 1.68. The first kappa shape index (κ1) is 11.2. The third kappa shape index (κ3) is 1.61. The fourth-order valence-electron chi connectivity index (χ4n) is 2.64. The molecule has 0 unspecified atom stereocenters. The first-order chi connectivity index (χ1) is 9.83. The Kier molecular flexibility index (Phi) is 2.35. The minimum Gasteiger partial charge on any atom is -0.347 e. The van der Waals surface area contributed by atoms with Crippen molar-refractivity contribution in [2.24, 2.45) is 0 Å². The van der Waals surface area contributed by atoms with Crippen LogP contribution in [0.25, 0.3) is 5.65 Å². The minimum atomic E-state index is 0.00366. The van der Waals surface area contributed by atoms with Gasteiger partial charge in [-0.2, -0.15) is 0 Å². The second kappa shape index (κ2) is 4.19. The SMILES string of the molecule is O=C(c1cnc2ccccn12)N1CCc2nc[nH]c2C1. The third-order valence-corrected chi connectivity index (χ3v) is 3.70. The van der Waals surface area contributed by atoms with E-state index in [1.54, 1.807) is 12.5 Å². The number of hydrogen-bond donors (Lipinski definition) is 1. The van der Waals surface area contributed by atoms with Crippen molar-refractivity contribution in [2.45, 2.75) is 13.0 Å². The molecule has 20 heavy (non-hydrogen) atoms. The van der Waals surface area contributed by atoms with Crippen LogP contribution in [-0.4, -0.2) is 36.7 Å². The molecule has 1 aliphatic rings. The Bertz CT molecular complexity index is 788. The van der Waals surface area contributed by atoms with Gasteiger partial charge < -0.3 is 9.88 Å². The highest BCUT2D eigenvalue weighted by Gasteiger charge is 2.25. The first-order valence-corrected chi connectivity index (χ1v) is 6.55. The monoisotopic (exact) mass is 267 g/mol. The van der Waals surface area contributed by atoms with Gasteiger partial charge in [-0.25, -0.2) is 9.97 Å². The number of nitrogens with one attached hydrogen (secondary N) is 1. The number of amides is 1. The van der Waals surface area contributed by atoms with Crippen LogP contribution in [0.3, 0.4) is 0 Å². The number of aromatic amines is 1. The largest absolute Gasteiger partial charge is 0.347 e. The lowest BCUT2D eigenvalue weighted by atomic mass is 10.1. The Morgan fingerprint density at radius 1 is 1.30 bits per heavy atom. The summed E-state index contributed by atoms with van der Waals surface area (Å²) in [6.45, 7) is 1.27. The van der Waals surface area contributed by atoms with Gasteiger partial charge in [-0.15, -0.1) is 0 Å². The zero-order valence-electron chi connectivity index (χ0n) is 10.8. The molecule has 3 aromatic rings. The van der Waals surface area contributed by atoms with E-state index in [1.165, 1.54) is 0 Å². The Morgan fingerprint density at radius 2 is 2.25 bits per heavy atom. The van der Waals surface area contributed by atoms with Crippen molar-refractivity contribution in [1.29, 1.82) is 0 Å². The van der Waals surface area contributed by atoms with Gasteiger partial charge in [0.2, 0.25) is 0 Å². The highest BCUT2D eigenvalue weighted by Crippen LogP contribution is 2.18. The lowest BCUT2D eigenvalue weighted by Gasteiger charge is -2.25. The van der Waals surface area contributed by atoms with Crippen LogP contribution in [0, 0.1) is 0 Å². The number of hydrogen-bond acceptors (Lipinski definition) is 3. The molecule has 6 heteroatoms. The Labute approximate surface area is 115 Å². The van der Waals surface area contributed by atoms with Crippen LogP contribution in [0.1, 0.15) is 21.9 Å². The van der Waals surface area contributed by atoms with Crippen LogP contribution < -0.4 is 0 Å². The topological polar surface area (TPSA) is 66.3 Å². The summed E-state index contributed by atoms with van der Waals surface area (Å²) in [6, 6.07) is 5.70. The average molecular weight is 267 g/mol. The molecule has 1 N–H and O–H groups in total. The van der Waals surface area contributed by atoms with Gasteiger partial charge in [0, 0.05) is 19.2 Å². The molecule has 0 aromatic carbocycles. The summed E-state index contributed by atoms with van der Waals surface area (Å²) < 4.78 is 1.82. The Morgan fingerprint density at radius 3 is 3.20 bits per heavy atom. The van der Waals surface area contributed by atoms with E-state index in [4.69, 9.17) is 0 Å². The average Bonchev–Trinajstić information content (AvgIpc) is 3.12. The summed E-state index contributed by atoms with van der Waals surface area (Å²) in [6.07, 6.45) is 5.98. The van der Waals surface area contributed by atoms with E-state index in [-0.39, 0.29) is 5.91 Å². The van der Waals surface area contributed by atoms with E-state index in [2.05, 4.69) is 15.0 Å². The van der Waals surface area contributed by atoms with E-state index >= 15 is 0 Å². The summed E-state index contributed by atoms with van der Waals surface area (Å²) in [4.78, 5) is 26.1. The van der Waals surface area contributed by atoms with Crippen LogP contribution in [0.4, 0.5) is 0 Å². The van der Waals surface area contributed by atoms with E-state index in [9.17, 15) is 4.79 Å². The molecule has 4 heterocycles. The van der Waals surface area contributed by atoms with Crippen molar-refractivity contribution < 1.29 is 4.79 Å². The molecule has 0 saturated carbocycles. The number of carbonyl (C=O) groups is 1. The fraction of sp³-hybridized carbons (Fsp3) is 0.214. The molecular formula is C14H13N5O. The third-order valence-electron chi connectivity index (χ3n) is 3.70. The van der Waals surface area contributed by atoms with Crippen LogP contribution in [0.2, 0.25) is 0 Å². The number of carbonyl (C=O) groups excluding carboxylic acids is 1. The highest BCUT2D eigenvalue weighted by molar-refractivity contribution is 5.93. The normalized spacial score (nSPS) is 14.5. The molecule has 0 bridgehead atoms. The number of fused-ring (bicyclic) bond motifs is 2. The number of pyridine rings is 1. The van der Waals surface area contributed by atoms with Gasteiger partial charge in [0.05, 0.1) is 30.5 Å². The maximum absolute atomic E-state index is 12.6. The number of nitrogens with zero attached hydrogens (tertiary/aromatic N) is 4. The van der Waals surface area contributed by atoms with Crippen LogP contribution in [-0.2, 0) is 13.0 Å². The van der Waals surface area contributed by atoms with E-state index in [1.807, 2.05) is 33.7 Å². The quantitative estimate of drug-likeness (QED) is 0.721. The fourth-order valence-corrected chi connectivity index (χ4v) is 2.64. The second-order valence-electron chi connectivity index (χ2n) is 4.88. The maximum Gasteiger partial charge on any atom is 0.272 e. The number of imidazole rings is 2. The van der Waals surface area contributed by atoms with Crippen LogP contribution in [0.5, 0.6) is 0 Å².